The number of carbonyl (C=O) groups is 4. The molecular formula is C50H52F2N6O8. The van der Waals surface area contributed by atoms with Crippen molar-refractivity contribution in [3.05, 3.63) is 127 Å². The number of cyclic esters (lactones) is 2. The highest BCUT2D eigenvalue weighted by atomic mass is 19.1. The number of nitriles is 2. The van der Waals surface area contributed by atoms with Crippen LogP contribution in [-0.4, -0.2) is 105 Å². The number of pyridine rings is 2. The number of aliphatic hydroxyl groups excluding tert-OH is 2. The molecule has 0 radical (unpaired) electrons. The predicted molar refractivity (Wildman–Crippen MR) is 235 cm³/mol. The van der Waals surface area contributed by atoms with Crippen LogP contribution in [0.3, 0.4) is 0 Å². The van der Waals surface area contributed by atoms with Crippen molar-refractivity contribution in [2.75, 3.05) is 39.3 Å². The maximum Gasteiger partial charge on any atom is 0.338 e. The van der Waals surface area contributed by atoms with Crippen molar-refractivity contribution >= 4 is 23.5 Å². The summed E-state index contributed by atoms with van der Waals surface area (Å²) in [5.41, 5.74) is 8.42. The van der Waals surface area contributed by atoms with E-state index in [1.165, 1.54) is 12.4 Å². The lowest BCUT2D eigenvalue weighted by Crippen LogP contribution is -2.44. The molecule has 6 heterocycles. The molecule has 0 aliphatic carbocycles. The molecule has 8 rings (SSSR count). The average Bonchev–Trinajstić information content (AvgIpc) is 3.87. The van der Waals surface area contributed by atoms with Crippen LogP contribution in [0.2, 0.25) is 0 Å². The smallest absolute Gasteiger partial charge is 0.338 e. The summed E-state index contributed by atoms with van der Waals surface area (Å²) in [7, 11) is 0. The number of esters is 2. The Labute approximate surface area is 381 Å². The minimum atomic E-state index is -1.19. The second kappa shape index (κ2) is 20.5. The molecule has 0 bridgehead atoms. The molecule has 4 aromatic rings. The third-order valence-electron chi connectivity index (χ3n) is 13.4. The number of aliphatic hydroxyl groups is 2. The molecule has 2 aromatic carbocycles. The number of ketones is 2. The molecule has 66 heavy (non-hydrogen) atoms. The number of alkyl halides is 2. The van der Waals surface area contributed by atoms with Crippen molar-refractivity contribution in [3.8, 4) is 12.1 Å². The first-order valence-corrected chi connectivity index (χ1v) is 22.0. The summed E-state index contributed by atoms with van der Waals surface area (Å²) in [6, 6.07) is 14.0. The number of aromatic nitrogens is 2. The van der Waals surface area contributed by atoms with E-state index < -0.39 is 36.4 Å². The quantitative estimate of drug-likeness (QED) is 0.116. The van der Waals surface area contributed by atoms with Crippen molar-refractivity contribution < 1.29 is 47.6 Å². The Morgan fingerprint density at radius 3 is 1.45 bits per heavy atom. The number of piperidine rings is 2. The lowest BCUT2D eigenvalue weighted by atomic mass is 9.88. The number of fused-ring (bicyclic) bond motifs is 2. The minimum absolute atomic E-state index is 0.0634. The van der Waals surface area contributed by atoms with Gasteiger partial charge in [0.05, 0.1) is 34.5 Å². The number of Topliss-reactive ketones (excluding diaryl/α,β-unsaturated/α-hetero) is 2. The molecule has 2 fully saturated rings. The first-order chi connectivity index (χ1) is 31.6. The van der Waals surface area contributed by atoms with Crippen LogP contribution in [0, 0.1) is 62.2 Å². The number of hydrogen-bond donors (Lipinski definition) is 2. The lowest BCUT2D eigenvalue weighted by molar-refractivity contribution is 0.0411. The molecule has 6 atom stereocenters. The number of β-amino-alcohol motifs (C(OH)–C–C–N with tert-alkyl or cyclic N) is 2. The van der Waals surface area contributed by atoms with Crippen LogP contribution in [0.25, 0.3) is 0 Å². The molecule has 4 aliphatic rings. The van der Waals surface area contributed by atoms with Gasteiger partial charge in [-0.25, -0.2) is 18.4 Å². The fourth-order valence-electron chi connectivity index (χ4n) is 9.30. The minimum Gasteiger partial charge on any atom is -0.457 e. The average molecular weight is 903 g/mol. The standard InChI is InChI=1S/2C25H26FN3O4/c2*1-14-7-22(28-10-17(14)9-27)23(30)8-16-5-6-29(11-21(16)26)12-24(31)18-3-4-19-20(15(18)2)13-33-25(19)32/h2*3-4,7,10,16,21,24,31H,5-6,8,11-13H2,1-2H3/t16-,21-,24+;16-,21-,24-/m10/s1. The monoisotopic (exact) mass is 902 g/mol. The fourth-order valence-corrected chi connectivity index (χ4v) is 9.30. The Balaban J connectivity index is 0.000000196. The maximum atomic E-state index is 14.9. The van der Waals surface area contributed by atoms with Crippen LogP contribution in [0.1, 0.15) is 135 Å². The SMILES string of the molecule is Cc1cc(C(=O)C[C@@H]2CCN(C[C@H](O)c3ccc4c(c3C)COC4=O)C[C@@H]2F)ncc1C#N.Cc1cc(C(=O)C[C@H]2CCN(C[C@H](O)c3ccc4c(c3C)COC4=O)C[C@H]2F)ncc1C#N. The molecule has 0 unspecified atom stereocenters. The molecule has 2 saturated heterocycles. The van der Waals surface area contributed by atoms with Crippen LogP contribution in [0.15, 0.2) is 48.8 Å². The van der Waals surface area contributed by atoms with Crippen LogP contribution in [0.5, 0.6) is 0 Å². The molecule has 4 aliphatic heterocycles. The van der Waals surface area contributed by atoms with Crippen LogP contribution in [-0.2, 0) is 22.7 Å². The summed E-state index contributed by atoms with van der Waals surface area (Å²) >= 11 is 0. The number of likely N-dealkylation sites (tertiary alicyclic amines) is 2. The van der Waals surface area contributed by atoms with E-state index in [4.69, 9.17) is 20.0 Å². The number of benzene rings is 2. The topological polar surface area (TPSA) is 207 Å². The maximum absolute atomic E-state index is 14.9. The van der Waals surface area contributed by atoms with E-state index in [1.807, 2.05) is 35.8 Å². The Morgan fingerprint density at radius 2 is 1.11 bits per heavy atom. The molecule has 14 nitrogen and oxygen atoms in total. The van der Waals surface area contributed by atoms with Gasteiger partial charge < -0.3 is 19.7 Å². The lowest BCUT2D eigenvalue weighted by Gasteiger charge is -2.35. The molecule has 0 saturated carbocycles. The normalized spacial score (nSPS) is 21.2. The van der Waals surface area contributed by atoms with Gasteiger partial charge in [-0.3, -0.25) is 29.4 Å². The zero-order valence-corrected chi connectivity index (χ0v) is 37.4. The summed E-state index contributed by atoms with van der Waals surface area (Å²) in [5, 5.41) is 39.6. The second-order valence-corrected chi connectivity index (χ2v) is 17.7. The van der Waals surface area contributed by atoms with Crippen molar-refractivity contribution in [1.29, 1.82) is 10.5 Å². The predicted octanol–water partition coefficient (Wildman–Crippen LogP) is 6.41. The van der Waals surface area contributed by atoms with Crippen molar-refractivity contribution in [2.24, 2.45) is 11.8 Å². The van der Waals surface area contributed by atoms with Gasteiger partial charge in [0.15, 0.2) is 11.6 Å². The van der Waals surface area contributed by atoms with Gasteiger partial charge in [-0.15, -0.1) is 0 Å². The van der Waals surface area contributed by atoms with Gasteiger partial charge in [-0.2, -0.15) is 10.5 Å². The number of carbonyl (C=O) groups excluding carboxylic acids is 4. The van der Waals surface area contributed by atoms with Crippen molar-refractivity contribution in [2.45, 2.75) is 91.1 Å². The zero-order chi connectivity index (χ0) is 47.4. The van der Waals surface area contributed by atoms with E-state index in [2.05, 4.69) is 9.97 Å². The van der Waals surface area contributed by atoms with Gasteiger partial charge in [0.25, 0.3) is 0 Å². The van der Waals surface area contributed by atoms with Crippen LogP contribution >= 0.6 is 0 Å². The molecular weight excluding hydrogens is 851 g/mol. The Hall–Kier alpha value is -6.30. The third kappa shape index (κ3) is 10.4. The van der Waals surface area contributed by atoms with E-state index >= 15 is 0 Å². The first kappa shape index (κ1) is 47.7. The molecule has 0 amide bonds. The van der Waals surface area contributed by atoms with E-state index in [9.17, 15) is 38.2 Å². The summed E-state index contributed by atoms with van der Waals surface area (Å²) in [4.78, 5) is 60.5. The van der Waals surface area contributed by atoms with Gasteiger partial charge in [0.2, 0.25) is 0 Å². The van der Waals surface area contributed by atoms with Crippen molar-refractivity contribution in [3.63, 3.8) is 0 Å². The van der Waals surface area contributed by atoms with Gasteiger partial charge in [-0.05, 0) is 123 Å². The molecule has 0 spiro atoms. The number of nitrogens with zero attached hydrogens (tertiary/aromatic N) is 6. The van der Waals surface area contributed by atoms with Gasteiger partial charge >= 0.3 is 11.9 Å². The number of aryl methyl sites for hydroxylation is 2. The van der Waals surface area contributed by atoms with Crippen molar-refractivity contribution in [1.82, 2.24) is 19.8 Å². The van der Waals surface area contributed by atoms with Crippen LogP contribution < -0.4 is 0 Å². The summed E-state index contributed by atoms with van der Waals surface area (Å²) in [6.45, 7) is 9.57. The molecule has 2 N–H and O–H groups in total. The molecule has 16 heteroatoms. The van der Waals surface area contributed by atoms with Crippen LogP contribution in [0.4, 0.5) is 8.78 Å². The van der Waals surface area contributed by atoms with Gasteiger partial charge in [0.1, 0.15) is 49.1 Å². The zero-order valence-electron chi connectivity index (χ0n) is 37.4. The summed E-state index contributed by atoms with van der Waals surface area (Å²) in [6.07, 6.45) is -0.138. The highest BCUT2D eigenvalue weighted by molar-refractivity contribution is 5.96. The number of hydrogen-bond acceptors (Lipinski definition) is 14. The Morgan fingerprint density at radius 1 is 0.712 bits per heavy atom. The van der Waals surface area contributed by atoms with E-state index in [-0.39, 0.29) is 87.1 Å². The second-order valence-electron chi connectivity index (χ2n) is 17.7. The Bertz CT molecular complexity index is 2470. The number of ether oxygens (including phenoxy) is 2. The number of halogens is 2. The highest BCUT2D eigenvalue weighted by Crippen LogP contribution is 2.33. The highest BCUT2D eigenvalue weighted by Gasteiger charge is 2.35. The number of rotatable bonds is 12. The summed E-state index contributed by atoms with van der Waals surface area (Å²) < 4.78 is 40.0. The van der Waals surface area contributed by atoms with E-state index in [1.54, 1.807) is 50.2 Å². The Kier molecular flexibility index (Phi) is 14.8. The third-order valence-corrected chi connectivity index (χ3v) is 13.4. The van der Waals surface area contributed by atoms with Gasteiger partial charge in [0, 0.05) is 62.5 Å². The molecule has 344 valence electrons. The summed E-state index contributed by atoms with van der Waals surface area (Å²) in [5.74, 6) is -1.97. The molecule has 2 aromatic heterocycles. The largest absolute Gasteiger partial charge is 0.457 e. The van der Waals surface area contributed by atoms with E-state index in [0.717, 1.165) is 22.3 Å². The fraction of sp³-hybridized carbons (Fsp3) is 0.440. The van der Waals surface area contributed by atoms with Gasteiger partial charge in [-0.1, -0.05) is 12.1 Å². The first-order valence-electron chi connectivity index (χ1n) is 22.0. The van der Waals surface area contributed by atoms with E-state index in [0.29, 0.717) is 70.4 Å².